The van der Waals surface area contributed by atoms with Crippen molar-refractivity contribution in [2.45, 2.75) is 18.7 Å². The van der Waals surface area contributed by atoms with Crippen LogP contribution in [-0.2, 0) is 21.8 Å². The summed E-state index contributed by atoms with van der Waals surface area (Å²) >= 11 is 5.44. The van der Waals surface area contributed by atoms with Crippen molar-refractivity contribution in [3.8, 4) is 0 Å². The molecule has 0 amide bonds. The molecule has 0 saturated heterocycles. The van der Waals surface area contributed by atoms with Gasteiger partial charge in [0.05, 0.1) is 31.3 Å². The van der Waals surface area contributed by atoms with Crippen LogP contribution in [0.4, 0.5) is 13.2 Å². The van der Waals surface area contributed by atoms with Crippen LogP contribution in [0.15, 0.2) is 6.20 Å². The molecule has 1 heterocycles. The number of ether oxygens (including phenoxy) is 1. The minimum Gasteiger partial charge on any atom is -0.469 e. The molecule has 0 bridgehead atoms. The van der Waals surface area contributed by atoms with Gasteiger partial charge in [-0.2, -0.15) is 0 Å². The number of nitrogens with zero attached hydrogens (tertiary/aromatic N) is 1. The number of hydrogen-bond acceptors (Lipinski definition) is 3. The smallest absolute Gasteiger partial charge is 0.310 e. The van der Waals surface area contributed by atoms with E-state index in [1.807, 2.05) is 0 Å². The highest BCUT2D eigenvalue weighted by molar-refractivity contribution is 6.17. The van der Waals surface area contributed by atoms with Gasteiger partial charge in [-0.1, -0.05) is 0 Å². The third-order valence-electron chi connectivity index (χ3n) is 2.15. The Morgan fingerprint density at radius 1 is 1.59 bits per heavy atom. The molecule has 1 aromatic rings. The zero-order valence-electron chi connectivity index (χ0n) is 8.84. The number of methoxy groups -OCH3 is 1. The number of alkyl halides is 3. The van der Waals surface area contributed by atoms with E-state index in [-0.39, 0.29) is 11.6 Å². The van der Waals surface area contributed by atoms with Crippen LogP contribution in [0.5, 0.6) is 0 Å². The summed E-state index contributed by atoms with van der Waals surface area (Å²) in [6.45, 7) is 0. The SMILES string of the molecule is COC(=O)Cc1c(F)cnc(CCl)c1C(F)F. The third-order valence-corrected chi connectivity index (χ3v) is 2.40. The number of esters is 1. The van der Waals surface area contributed by atoms with Gasteiger partial charge in [0.2, 0.25) is 0 Å². The number of halogens is 4. The van der Waals surface area contributed by atoms with E-state index in [0.717, 1.165) is 13.3 Å². The van der Waals surface area contributed by atoms with Crippen molar-refractivity contribution < 1.29 is 22.7 Å². The zero-order chi connectivity index (χ0) is 13.0. The molecular weight excluding hydrogens is 259 g/mol. The van der Waals surface area contributed by atoms with Crippen LogP contribution in [0.1, 0.15) is 23.2 Å². The summed E-state index contributed by atoms with van der Waals surface area (Å²) < 4.78 is 43.3. The lowest BCUT2D eigenvalue weighted by atomic mass is 10.0. The van der Waals surface area contributed by atoms with Crippen molar-refractivity contribution in [1.29, 1.82) is 0 Å². The molecule has 0 aromatic carbocycles. The molecule has 0 aliphatic carbocycles. The van der Waals surface area contributed by atoms with E-state index in [1.54, 1.807) is 0 Å². The molecule has 0 atom stereocenters. The number of hydrogen-bond donors (Lipinski definition) is 0. The van der Waals surface area contributed by atoms with Crippen LogP contribution in [0, 0.1) is 5.82 Å². The van der Waals surface area contributed by atoms with Crippen LogP contribution < -0.4 is 0 Å². The van der Waals surface area contributed by atoms with Gasteiger partial charge in [-0.25, -0.2) is 13.2 Å². The molecule has 0 unspecified atom stereocenters. The maximum Gasteiger partial charge on any atom is 0.310 e. The molecule has 0 radical (unpaired) electrons. The molecule has 17 heavy (non-hydrogen) atoms. The van der Waals surface area contributed by atoms with Crippen LogP contribution in [0.25, 0.3) is 0 Å². The lowest BCUT2D eigenvalue weighted by molar-refractivity contribution is -0.139. The number of carbonyl (C=O) groups is 1. The lowest BCUT2D eigenvalue weighted by Gasteiger charge is -2.12. The predicted molar refractivity (Wildman–Crippen MR) is 54.4 cm³/mol. The Morgan fingerprint density at radius 2 is 2.24 bits per heavy atom. The molecular formula is C10H9ClF3NO2. The largest absolute Gasteiger partial charge is 0.469 e. The van der Waals surface area contributed by atoms with E-state index in [0.29, 0.717) is 0 Å². The number of aromatic nitrogens is 1. The van der Waals surface area contributed by atoms with Crippen LogP contribution in [0.2, 0.25) is 0 Å². The van der Waals surface area contributed by atoms with Gasteiger partial charge in [0.1, 0.15) is 5.82 Å². The second kappa shape index (κ2) is 5.86. The topological polar surface area (TPSA) is 39.2 Å². The zero-order valence-corrected chi connectivity index (χ0v) is 9.60. The Bertz CT molecular complexity index is 426. The van der Waals surface area contributed by atoms with E-state index in [4.69, 9.17) is 11.6 Å². The summed E-state index contributed by atoms with van der Waals surface area (Å²) in [6, 6.07) is 0. The highest BCUT2D eigenvalue weighted by Gasteiger charge is 2.23. The van der Waals surface area contributed by atoms with Crippen molar-refractivity contribution in [3.05, 3.63) is 28.8 Å². The van der Waals surface area contributed by atoms with Crippen molar-refractivity contribution >= 4 is 17.6 Å². The second-order valence-corrected chi connectivity index (χ2v) is 3.40. The molecule has 0 fully saturated rings. The molecule has 7 heteroatoms. The molecule has 0 aliphatic heterocycles. The van der Waals surface area contributed by atoms with E-state index < -0.39 is 35.8 Å². The van der Waals surface area contributed by atoms with Crippen LogP contribution in [-0.4, -0.2) is 18.1 Å². The Balaban J connectivity index is 3.28. The Hall–Kier alpha value is -1.30. The highest BCUT2D eigenvalue weighted by Crippen LogP contribution is 2.28. The fraction of sp³-hybridized carbons (Fsp3) is 0.400. The fourth-order valence-electron chi connectivity index (χ4n) is 1.35. The van der Waals surface area contributed by atoms with Gasteiger partial charge in [0, 0.05) is 11.1 Å². The molecule has 94 valence electrons. The van der Waals surface area contributed by atoms with Gasteiger partial charge in [-0.05, 0) is 0 Å². The van der Waals surface area contributed by atoms with E-state index in [1.165, 1.54) is 0 Å². The molecule has 3 nitrogen and oxygen atoms in total. The normalized spacial score (nSPS) is 10.7. The van der Waals surface area contributed by atoms with E-state index in [9.17, 15) is 18.0 Å². The molecule has 0 aliphatic rings. The second-order valence-electron chi connectivity index (χ2n) is 3.13. The third kappa shape index (κ3) is 3.09. The van der Waals surface area contributed by atoms with Crippen LogP contribution >= 0.6 is 11.6 Å². The predicted octanol–water partition coefficient (Wildman–Crippen LogP) is 2.61. The van der Waals surface area contributed by atoms with Crippen molar-refractivity contribution in [2.75, 3.05) is 7.11 Å². The number of rotatable bonds is 4. The minimum absolute atomic E-state index is 0.137. The maximum atomic E-state index is 13.4. The Morgan fingerprint density at radius 3 is 2.71 bits per heavy atom. The summed E-state index contributed by atoms with van der Waals surface area (Å²) in [5.74, 6) is -2.06. The quantitative estimate of drug-likeness (QED) is 0.622. The average Bonchev–Trinajstić information content (AvgIpc) is 2.30. The van der Waals surface area contributed by atoms with Gasteiger partial charge in [-0.15, -0.1) is 11.6 Å². The van der Waals surface area contributed by atoms with Gasteiger partial charge in [0.25, 0.3) is 6.43 Å². The molecule has 1 aromatic heterocycles. The summed E-state index contributed by atoms with van der Waals surface area (Å²) in [5, 5.41) is 0. The van der Waals surface area contributed by atoms with E-state index >= 15 is 0 Å². The average molecular weight is 268 g/mol. The van der Waals surface area contributed by atoms with Crippen molar-refractivity contribution in [2.24, 2.45) is 0 Å². The summed E-state index contributed by atoms with van der Waals surface area (Å²) in [6.07, 6.45) is -2.76. The summed E-state index contributed by atoms with van der Waals surface area (Å²) in [4.78, 5) is 14.5. The van der Waals surface area contributed by atoms with Gasteiger partial charge in [-0.3, -0.25) is 9.78 Å². The summed E-state index contributed by atoms with van der Waals surface area (Å²) in [5.41, 5.74) is -1.19. The number of carbonyl (C=O) groups excluding carboxylic acids is 1. The lowest BCUT2D eigenvalue weighted by Crippen LogP contribution is -2.12. The van der Waals surface area contributed by atoms with Crippen molar-refractivity contribution in [1.82, 2.24) is 4.98 Å². The molecule has 1 rings (SSSR count). The first kappa shape index (κ1) is 13.8. The van der Waals surface area contributed by atoms with Gasteiger partial charge in [0.15, 0.2) is 0 Å². The first-order valence-corrected chi connectivity index (χ1v) is 5.11. The van der Waals surface area contributed by atoms with Gasteiger partial charge < -0.3 is 4.74 Å². The standard InChI is InChI=1S/C10H9ClF3NO2/c1-17-8(16)2-5-6(12)4-15-7(3-11)9(5)10(13)14/h4,10H,2-3H2,1H3. The van der Waals surface area contributed by atoms with E-state index in [2.05, 4.69) is 9.72 Å². The fourth-order valence-corrected chi connectivity index (χ4v) is 1.56. The number of pyridine rings is 1. The summed E-state index contributed by atoms with van der Waals surface area (Å²) in [7, 11) is 1.09. The molecule has 0 saturated carbocycles. The Kier molecular flexibility index (Phi) is 4.74. The molecule has 0 N–H and O–H groups in total. The monoisotopic (exact) mass is 267 g/mol. The van der Waals surface area contributed by atoms with Gasteiger partial charge >= 0.3 is 5.97 Å². The van der Waals surface area contributed by atoms with Crippen LogP contribution in [0.3, 0.4) is 0 Å². The molecule has 0 spiro atoms. The minimum atomic E-state index is -2.95. The first-order valence-electron chi connectivity index (χ1n) is 4.58. The highest BCUT2D eigenvalue weighted by atomic mass is 35.5. The van der Waals surface area contributed by atoms with Crippen molar-refractivity contribution in [3.63, 3.8) is 0 Å². The first-order chi connectivity index (χ1) is 8.01. The maximum absolute atomic E-state index is 13.4. The Labute approximate surface area is 101 Å².